The lowest BCUT2D eigenvalue weighted by Crippen LogP contribution is -2.28. The maximum atomic E-state index is 11.8. The summed E-state index contributed by atoms with van der Waals surface area (Å²) in [6, 6.07) is 10.1. The fourth-order valence-corrected chi connectivity index (χ4v) is 1.39. The van der Waals surface area contributed by atoms with Crippen molar-refractivity contribution in [3.8, 4) is 0 Å². The third kappa shape index (κ3) is 3.87. The summed E-state index contributed by atoms with van der Waals surface area (Å²) < 4.78 is 9.81. The minimum absolute atomic E-state index is 0.267. The maximum absolute atomic E-state index is 11.8. The Bertz CT molecular complexity index is 400. The molecule has 0 N–H and O–H groups in total. The monoisotopic (exact) mass is 249 g/mol. The van der Waals surface area contributed by atoms with E-state index in [2.05, 4.69) is 6.07 Å². The van der Waals surface area contributed by atoms with E-state index in [1.165, 1.54) is 6.92 Å². The van der Waals surface area contributed by atoms with Crippen molar-refractivity contribution in [1.82, 2.24) is 0 Å². The summed E-state index contributed by atoms with van der Waals surface area (Å²) in [5.41, 5.74) is 0.735. The Morgan fingerprint density at radius 3 is 2.56 bits per heavy atom. The topological polar surface area (TPSA) is 52.6 Å². The lowest BCUT2D eigenvalue weighted by atomic mass is 10.0. The van der Waals surface area contributed by atoms with Crippen LogP contribution in [0.25, 0.3) is 0 Å². The second-order valence-electron chi connectivity index (χ2n) is 3.87. The molecule has 4 heteroatoms. The number of hydrogen-bond donors (Lipinski definition) is 0. The first kappa shape index (κ1) is 14.2. The van der Waals surface area contributed by atoms with Crippen LogP contribution in [-0.4, -0.2) is 24.6 Å². The molecule has 0 bridgehead atoms. The third-order valence-corrected chi connectivity index (χ3v) is 2.46. The van der Waals surface area contributed by atoms with Crippen LogP contribution in [0.1, 0.15) is 32.3 Å². The van der Waals surface area contributed by atoms with Crippen LogP contribution >= 0.6 is 0 Å². The Morgan fingerprint density at radius 2 is 2.00 bits per heavy atom. The molecule has 0 aliphatic heterocycles. The fraction of sp³-hybridized carbons (Fsp3) is 0.429. The molecule has 97 valence electrons. The molecule has 0 amide bonds. The van der Waals surface area contributed by atoms with Gasteiger partial charge in [0.1, 0.15) is 0 Å². The smallest absolute Gasteiger partial charge is 0.347 e. The summed E-state index contributed by atoms with van der Waals surface area (Å²) in [6.45, 7) is 5.18. The van der Waals surface area contributed by atoms with Crippen LogP contribution in [0, 0.1) is 6.07 Å². The standard InChI is InChI=1S/C14H17O4/c1-4-17-14(16)11(3)18-13(15)10(2)12-8-6-5-7-9-12/h5-8,10-11H,4H2,1-3H3. The van der Waals surface area contributed by atoms with Gasteiger partial charge in [-0.1, -0.05) is 24.3 Å². The maximum Gasteiger partial charge on any atom is 0.347 e. The predicted octanol–water partition coefficient (Wildman–Crippen LogP) is 2.09. The molecule has 1 rings (SSSR count). The molecule has 1 aromatic rings. The highest BCUT2D eigenvalue weighted by Gasteiger charge is 2.23. The number of rotatable bonds is 5. The van der Waals surface area contributed by atoms with E-state index in [0.717, 1.165) is 5.56 Å². The lowest BCUT2D eigenvalue weighted by Gasteiger charge is -2.15. The minimum atomic E-state index is -0.886. The van der Waals surface area contributed by atoms with E-state index in [4.69, 9.17) is 9.47 Å². The van der Waals surface area contributed by atoms with Crippen molar-refractivity contribution in [3.63, 3.8) is 0 Å². The van der Waals surface area contributed by atoms with Crippen molar-refractivity contribution >= 4 is 11.9 Å². The van der Waals surface area contributed by atoms with E-state index in [1.807, 2.05) is 12.1 Å². The molecule has 0 fully saturated rings. The first-order chi connectivity index (χ1) is 8.56. The molecule has 0 aliphatic carbocycles. The Morgan fingerprint density at radius 1 is 1.28 bits per heavy atom. The average molecular weight is 249 g/mol. The highest BCUT2D eigenvalue weighted by molar-refractivity contribution is 5.82. The summed E-state index contributed by atoms with van der Waals surface area (Å²) in [5.74, 6) is -1.45. The molecular formula is C14H17O4. The first-order valence-corrected chi connectivity index (χ1v) is 5.90. The quantitative estimate of drug-likeness (QED) is 0.750. The Balaban J connectivity index is 2.58. The molecule has 18 heavy (non-hydrogen) atoms. The zero-order chi connectivity index (χ0) is 13.5. The van der Waals surface area contributed by atoms with E-state index in [-0.39, 0.29) is 6.61 Å². The van der Waals surface area contributed by atoms with Crippen molar-refractivity contribution in [2.45, 2.75) is 32.8 Å². The van der Waals surface area contributed by atoms with Crippen molar-refractivity contribution in [3.05, 3.63) is 35.9 Å². The molecule has 0 heterocycles. The summed E-state index contributed by atoms with van der Waals surface area (Å²) in [6.07, 6.45) is -0.886. The van der Waals surface area contributed by atoms with Crippen LogP contribution in [0.2, 0.25) is 0 Å². The normalized spacial score (nSPS) is 13.5. The molecule has 2 atom stereocenters. The van der Waals surface area contributed by atoms with Gasteiger partial charge in [-0.05, 0) is 32.4 Å². The van der Waals surface area contributed by atoms with Crippen LogP contribution in [0.15, 0.2) is 24.3 Å². The van der Waals surface area contributed by atoms with Gasteiger partial charge in [0, 0.05) is 0 Å². The Hall–Kier alpha value is -1.84. The first-order valence-electron chi connectivity index (χ1n) is 5.90. The lowest BCUT2D eigenvalue weighted by molar-refractivity contribution is -0.167. The average Bonchev–Trinajstić information content (AvgIpc) is 2.39. The molecule has 4 nitrogen and oxygen atoms in total. The van der Waals surface area contributed by atoms with Gasteiger partial charge in [-0.25, -0.2) is 4.79 Å². The van der Waals surface area contributed by atoms with Crippen molar-refractivity contribution in [2.24, 2.45) is 0 Å². The van der Waals surface area contributed by atoms with E-state index in [1.54, 1.807) is 26.0 Å². The van der Waals surface area contributed by atoms with Crippen LogP contribution in [0.4, 0.5) is 0 Å². The Labute approximate surface area is 107 Å². The van der Waals surface area contributed by atoms with Gasteiger partial charge in [0.15, 0.2) is 6.10 Å². The van der Waals surface area contributed by atoms with E-state index in [9.17, 15) is 9.59 Å². The zero-order valence-electron chi connectivity index (χ0n) is 10.8. The molecule has 0 spiro atoms. The highest BCUT2D eigenvalue weighted by atomic mass is 16.6. The molecule has 2 unspecified atom stereocenters. The second-order valence-corrected chi connectivity index (χ2v) is 3.87. The van der Waals surface area contributed by atoms with Crippen LogP contribution in [-0.2, 0) is 19.1 Å². The number of benzene rings is 1. The number of ether oxygens (including phenoxy) is 2. The highest BCUT2D eigenvalue weighted by Crippen LogP contribution is 2.16. The van der Waals surface area contributed by atoms with E-state index < -0.39 is 24.0 Å². The SMILES string of the molecule is CCOC(=O)C(C)OC(=O)C(C)c1[c]cccc1. The molecular weight excluding hydrogens is 232 g/mol. The number of hydrogen-bond acceptors (Lipinski definition) is 4. The van der Waals surface area contributed by atoms with Crippen molar-refractivity contribution in [1.29, 1.82) is 0 Å². The predicted molar refractivity (Wildman–Crippen MR) is 65.9 cm³/mol. The van der Waals surface area contributed by atoms with Gasteiger partial charge in [-0.3, -0.25) is 4.79 Å². The van der Waals surface area contributed by atoms with Gasteiger partial charge in [-0.15, -0.1) is 0 Å². The van der Waals surface area contributed by atoms with E-state index in [0.29, 0.717) is 0 Å². The van der Waals surface area contributed by atoms with Gasteiger partial charge in [0.2, 0.25) is 0 Å². The van der Waals surface area contributed by atoms with Crippen LogP contribution in [0.5, 0.6) is 0 Å². The van der Waals surface area contributed by atoms with Crippen molar-refractivity contribution < 1.29 is 19.1 Å². The molecule has 0 aromatic heterocycles. The Kier molecular flexibility index (Phi) is 5.36. The summed E-state index contributed by atoms with van der Waals surface area (Å²) in [7, 11) is 0. The number of carbonyl (C=O) groups is 2. The largest absolute Gasteiger partial charge is 0.463 e. The molecule has 0 saturated heterocycles. The van der Waals surface area contributed by atoms with E-state index >= 15 is 0 Å². The minimum Gasteiger partial charge on any atom is -0.463 e. The molecule has 0 aliphatic rings. The second kappa shape index (κ2) is 6.79. The number of carbonyl (C=O) groups excluding carboxylic acids is 2. The third-order valence-electron chi connectivity index (χ3n) is 2.46. The van der Waals surface area contributed by atoms with Crippen LogP contribution < -0.4 is 0 Å². The fourth-order valence-electron chi connectivity index (χ4n) is 1.39. The van der Waals surface area contributed by atoms with Gasteiger partial charge in [0.05, 0.1) is 12.5 Å². The molecule has 1 aromatic carbocycles. The molecule has 1 radical (unpaired) electrons. The van der Waals surface area contributed by atoms with Crippen LogP contribution in [0.3, 0.4) is 0 Å². The zero-order valence-corrected chi connectivity index (χ0v) is 10.8. The summed E-state index contributed by atoms with van der Waals surface area (Å²) in [4.78, 5) is 23.1. The van der Waals surface area contributed by atoms with Gasteiger partial charge in [0.25, 0.3) is 0 Å². The van der Waals surface area contributed by atoms with Gasteiger partial charge < -0.3 is 9.47 Å². The number of esters is 2. The summed E-state index contributed by atoms with van der Waals surface area (Å²) >= 11 is 0. The van der Waals surface area contributed by atoms with Gasteiger partial charge in [-0.2, -0.15) is 0 Å². The van der Waals surface area contributed by atoms with Gasteiger partial charge >= 0.3 is 11.9 Å². The molecule has 0 saturated carbocycles. The summed E-state index contributed by atoms with van der Waals surface area (Å²) in [5, 5.41) is 0. The van der Waals surface area contributed by atoms with Crippen molar-refractivity contribution in [2.75, 3.05) is 6.61 Å².